The van der Waals surface area contributed by atoms with Crippen molar-refractivity contribution in [3.8, 4) is 0 Å². The van der Waals surface area contributed by atoms with Crippen LogP contribution in [0.2, 0.25) is 0 Å². The molecular weight excluding hydrogens is 265 g/mol. The van der Waals surface area contributed by atoms with Crippen LogP contribution < -0.4 is 5.32 Å². The van der Waals surface area contributed by atoms with Crippen LogP contribution in [0.1, 0.15) is 29.6 Å². The lowest BCUT2D eigenvalue weighted by Gasteiger charge is -2.05. The molecule has 106 valence electrons. The summed E-state index contributed by atoms with van der Waals surface area (Å²) >= 11 is 0. The molecule has 0 saturated carbocycles. The molecule has 1 aromatic heterocycles. The van der Waals surface area contributed by atoms with Gasteiger partial charge in [-0.3, -0.25) is 9.59 Å². The Hall–Kier alpha value is -2.44. The number of aromatic amines is 1. The van der Waals surface area contributed by atoms with E-state index in [0.717, 1.165) is 6.07 Å². The summed E-state index contributed by atoms with van der Waals surface area (Å²) in [6, 6.07) is 2.40. The number of aromatic nitrogens is 2. The second-order valence-corrected chi connectivity index (χ2v) is 4.36. The summed E-state index contributed by atoms with van der Waals surface area (Å²) in [6.07, 6.45) is 2.50. The van der Waals surface area contributed by atoms with Gasteiger partial charge in [-0.25, -0.2) is 9.37 Å². The van der Waals surface area contributed by atoms with Gasteiger partial charge in [-0.05, 0) is 25.0 Å². The van der Waals surface area contributed by atoms with Crippen LogP contribution in [0.15, 0.2) is 18.5 Å². The van der Waals surface area contributed by atoms with E-state index < -0.39 is 17.7 Å². The Morgan fingerprint density at radius 1 is 1.35 bits per heavy atom. The lowest BCUT2D eigenvalue weighted by molar-refractivity contribution is -0.137. The smallest absolute Gasteiger partial charge is 0.303 e. The van der Waals surface area contributed by atoms with Crippen LogP contribution in [0.25, 0.3) is 11.0 Å². The SMILES string of the molecule is O=C(O)CCCCNC(=O)c1cc(F)cc2[nH]cnc12. The molecule has 0 bridgehead atoms. The summed E-state index contributed by atoms with van der Waals surface area (Å²) in [7, 11) is 0. The third kappa shape index (κ3) is 3.31. The molecule has 6 nitrogen and oxygen atoms in total. The molecule has 7 heteroatoms. The number of amides is 1. The van der Waals surface area contributed by atoms with Crippen molar-refractivity contribution in [3.63, 3.8) is 0 Å². The van der Waals surface area contributed by atoms with E-state index in [4.69, 9.17) is 5.11 Å². The lowest BCUT2D eigenvalue weighted by atomic mass is 10.1. The quantitative estimate of drug-likeness (QED) is 0.701. The molecule has 0 unspecified atom stereocenters. The van der Waals surface area contributed by atoms with E-state index in [2.05, 4.69) is 15.3 Å². The minimum atomic E-state index is -0.861. The number of nitrogens with one attached hydrogen (secondary N) is 2. The maximum atomic E-state index is 13.4. The first-order chi connectivity index (χ1) is 9.58. The highest BCUT2D eigenvalue weighted by molar-refractivity contribution is 6.04. The summed E-state index contributed by atoms with van der Waals surface area (Å²) < 4.78 is 13.4. The molecule has 3 N–H and O–H groups in total. The van der Waals surface area contributed by atoms with Gasteiger partial charge in [0, 0.05) is 13.0 Å². The Kier molecular flexibility index (Phi) is 4.29. The summed E-state index contributed by atoms with van der Waals surface area (Å²) in [6.45, 7) is 0.342. The molecule has 1 heterocycles. The van der Waals surface area contributed by atoms with Crippen LogP contribution in [0.4, 0.5) is 4.39 Å². The zero-order valence-corrected chi connectivity index (χ0v) is 10.6. The number of hydrogen-bond donors (Lipinski definition) is 3. The number of fused-ring (bicyclic) bond motifs is 1. The highest BCUT2D eigenvalue weighted by atomic mass is 19.1. The van der Waals surface area contributed by atoms with E-state index in [1.165, 1.54) is 12.4 Å². The second-order valence-electron chi connectivity index (χ2n) is 4.36. The Balaban J connectivity index is 1.97. The molecule has 0 aliphatic heterocycles. The minimum Gasteiger partial charge on any atom is -0.481 e. The van der Waals surface area contributed by atoms with Gasteiger partial charge in [-0.1, -0.05) is 0 Å². The lowest BCUT2D eigenvalue weighted by Crippen LogP contribution is -2.25. The number of unbranched alkanes of at least 4 members (excludes halogenated alkanes) is 1. The summed E-state index contributed by atoms with van der Waals surface area (Å²) in [5.41, 5.74) is 1.04. The van der Waals surface area contributed by atoms with Crippen molar-refractivity contribution in [2.24, 2.45) is 0 Å². The van der Waals surface area contributed by atoms with E-state index in [1.807, 2.05) is 0 Å². The maximum Gasteiger partial charge on any atom is 0.303 e. The van der Waals surface area contributed by atoms with E-state index in [9.17, 15) is 14.0 Å². The number of H-pyrrole nitrogens is 1. The molecule has 0 fully saturated rings. The van der Waals surface area contributed by atoms with Gasteiger partial charge < -0.3 is 15.4 Å². The van der Waals surface area contributed by atoms with Crippen LogP contribution >= 0.6 is 0 Å². The number of carbonyl (C=O) groups excluding carboxylic acids is 1. The van der Waals surface area contributed by atoms with Gasteiger partial charge in [0.05, 0.1) is 17.4 Å². The van der Waals surface area contributed by atoms with Crippen molar-refractivity contribution >= 4 is 22.9 Å². The number of carboxylic acids is 1. The van der Waals surface area contributed by atoms with Crippen molar-refractivity contribution in [1.82, 2.24) is 15.3 Å². The van der Waals surface area contributed by atoms with E-state index in [0.29, 0.717) is 30.4 Å². The van der Waals surface area contributed by atoms with Gasteiger partial charge in [0.2, 0.25) is 0 Å². The molecule has 0 aliphatic rings. The van der Waals surface area contributed by atoms with Gasteiger partial charge in [0.25, 0.3) is 5.91 Å². The summed E-state index contributed by atoms with van der Waals surface area (Å²) in [4.78, 5) is 29.0. The van der Waals surface area contributed by atoms with Crippen molar-refractivity contribution in [2.75, 3.05) is 6.54 Å². The van der Waals surface area contributed by atoms with Crippen molar-refractivity contribution in [3.05, 3.63) is 29.8 Å². The normalized spacial score (nSPS) is 10.7. The monoisotopic (exact) mass is 279 g/mol. The number of hydrogen-bond acceptors (Lipinski definition) is 3. The number of carbonyl (C=O) groups is 2. The van der Waals surface area contributed by atoms with Crippen molar-refractivity contribution in [2.45, 2.75) is 19.3 Å². The first-order valence-electron chi connectivity index (χ1n) is 6.20. The summed E-state index contributed by atoms with van der Waals surface area (Å²) in [5.74, 6) is -1.80. The van der Waals surface area contributed by atoms with Gasteiger partial charge in [-0.2, -0.15) is 0 Å². The molecule has 2 rings (SSSR count). The first kappa shape index (κ1) is 14.0. The molecule has 1 aromatic carbocycles. The van der Waals surface area contributed by atoms with Crippen LogP contribution in [0, 0.1) is 5.82 Å². The van der Waals surface area contributed by atoms with Crippen molar-refractivity contribution < 1.29 is 19.1 Å². The zero-order chi connectivity index (χ0) is 14.5. The standard InChI is InChI=1S/C13H14FN3O3/c14-8-5-9(12-10(6-8)16-7-17-12)13(20)15-4-2-1-3-11(18)19/h5-7H,1-4H2,(H,15,20)(H,16,17)(H,18,19). The number of carboxylic acid groups (broad SMARTS) is 1. The molecule has 20 heavy (non-hydrogen) atoms. The average molecular weight is 279 g/mol. The van der Waals surface area contributed by atoms with Crippen LogP contribution in [-0.2, 0) is 4.79 Å². The minimum absolute atomic E-state index is 0.0689. The molecule has 0 radical (unpaired) electrons. The Morgan fingerprint density at radius 3 is 2.90 bits per heavy atom. The van der Waals surface area contributed by atoms with Gasteiger partial charge in [0.15, 0.2) is 0 Å². The zero-order valence-electron chi connectivity index (χ0n) is 10.6. The Bertz CT molecular complexity index is 639. The highest BCUT2D eigenvalue weighted by Gasteiger charge is 2.13. The topological polar surface area (TPSA) is 95.1 Å². The molecule has 2 aromatic rings. The highest BCUT2D eigenvalue weighted by Crippen LogP contribution is 2.17. The first-order valence-corrected chi connectivity index (χ1v) is 6.20. The number of rotatable bonds is 6. The fourth-order valence-electron chi connectivity index (χ4n) is 1.89. The molecule has 0 spiro atoms. The third-order valence-electron chi connectivity index (χ3n) is 2.84. The van der Waals surface area contributed by atoms with Crippen LogP contribution in [0.5, 0.6) is 0 Å². The van der Waals surface area contributed by atoms with E-state index >= 15 is 0 Å². The number of benzene rings is 1. The van der Waals surface area contributed by atoms with Gasteiger partial charge in [-0.15, -0.1) is 0 Å². The Labute approximate surface area is 114 Å². The van der Waals surface area contributed by atoms with E-state index in [1.54, 1.807) is 0 Å². The predicted octanol–water partition coefficient (Wildman–Crippen LogP) is 1.69. The molecule has 0 aliphatic carbocycles. The largest absolute Gasteiger partial charge is 0.481 e. The van der Waals surface area contributed by atoms with Gasteiger partial charge in [0.1, 0.15) is 11.3 Å². The number of imidazole rings is 1. The molecular formula is C13H14FN3O3. The third-order valence-corrected chi connectivity index (χ3v) is 2.84. The molecule has 0 saturated heterocycles. The number of aliphatic carboxylic acids is 1. The molecule has 1 amide bonds. The maximum absolute atomic E-state index is 13.4. The average Bonchev–Trinajstić information content (AvgIpc) is 2.84. The van der Waals surface area contributed by atoms with Crippen LogP contribution in [0.3, 0.4) is 0 Å². The van der Waals surface area contributed by atoms with Gasteiger partial charge >= 0.3 is 5.97 Å². The van der Waals surface area contributed by atoms with Crippen LogP contribution in [-0.4, -0.2) is 33.5 Å². The predicted molar refractivity (Wildman–Crippen MR) is 69.9 cm³/mol. The fourth-order valence-corrected chi connectivity index (χ4v) is 1.89. The van der Waals surface area contributed by atoms with E-state index in [-0.39, 0.29) is 12.0 Å². The molecule has 0 atom stereocenters. The second kappa shape index (κ2) is 6.14. The number of halogens is 1. The van der Waals surface area contributed by atoms with Crippen molar-refractivity contribution in [1.29, 1.82) is 0 Å². The summed E-state index contributed by atoms with van der Waals surface area (Å²) in [5, 5.41) is 11.1. The number of nitrogens with zero attached hydrogens (tertiary/aromatic N) is 1. The fraction of sp³-hybridized carbons (Fsp3) is 0.308. The Morgan fingerprint density at radius 2 is 2.15 bits per heavy atom.